The molecule has 6 heteroatoms. The molecule has 2 rings (SSSR count). The maximum Gasteiger partial charge on any atom is 0.274 e. The molecule has 0 bridgehead atoms. The number of hydrogen-bond acceptors (Lipinski definition) is 5. The zero-order chi connectivity index (χ0) is 13.1. The van der Waals surface area contributed by atoms with Crippen LogP contribution in [0.15, 0.2) is 12.4 Å². The monoisotopic (exact) mass is 249 g/mol. The molecular formula is C12H19N5O. The van der Waals surface area contributed by atoms with Gasteiger partial charge in [0.15, 0.2) is 5.82 Å². The molecule has 1 aliphatic rings. The first-order valence-corrected chi connectivity index (χ1v) is 6.19. The SMILES string of the molecule is CC(C)C1CCN(C(=O)c2cnc(NN)cn2)C1. The van der Waals surface area contributed by atoms with Crippen molar-refractivity contribution in [3.05, 3.63) is 18.1 Å². The van der Waals surface area contributed by atoms with Crippen LogP contribution in [0.1, 0.15) is 30.8 Å². The van der Waals surface area contributed by atoms with Gasteiger partial charge in [-0.3, -0.25) is 4.79 Å². The van der Waals surface area contributed by atoms with Crippen molar-refractivity contribution in [3.63, 3.8) is 0 Å². The van der Waals surface area contributed by atoms with Crippen LogP contribution >= 0.6 is 0 Å². The average Bonchev–Trinajstić information content (AvgIpc) is 2.88. The topological polar surface area (TPSA) is 84.1 Å². The molecule has 3 N–H and O–H groups in total. The molecule has 1 saturated heterocycles. The molecule has 0 spiro atoms. The summed E-state index contributed by atoms with van der Waals surface area (Å²) < 4.78 is 0. The second-order valence-electron chi connectivity index (χ2n) is 4.98. The third kappa shape index (κ3) is 2.59. The van der Waals surface area contributed by atoms with E-state index in [1.807, 2.05) is 4.90 Å². The summed E-state index contributed by atoms with van der Waals surface area (Å²) in [5.74, 6) is 6.81. The summed E-state index contributed by atoms with van der Waals surface area (Å²) in [5, 5.41) is 0. The van der Waals surface area contributed by atoms with E-state index in [1.54, 1.807) is 0 Å². The van der Waals surface area contributed by atoms with E-state index in [1.165, 1.54) is 12.4 Å². The summed E-state index contributed by atoms with van der Waals surface area (Å²) >= 11 is 0. The first kappa shape index (κ1) is 12.8. The van der Waals surface area contributed by atoms with Crippen molar-refractivity contribution in [1.29, 1.82) is 0 Å². The molecular weight excluding hydrogens is 230 g/mol. The maximum atomic E-state index is 12.2. The number of nitrogens with two attached hydrogens (primary N) is 1. The standard InChI is InChI=1S/C12H19N5O/c1-8(2)9-3-4-17(7-9)12(18)10-5-15-11(16-13)6-14-10/h5-6,8-9H,3-4,7,13H2,1-2H3,(H,15,16). The van der Waals surface area contributed by atoms with Gasteiger partial charge in [0.1, 0.15) is 5.69 Å². The molecule has 1 aromatic rings. The number of nitrogen functional groups attached to an aromatic ring is 1. The largest absolute Gasteiger partial charge is 0.337 e. The number of nitrogens with zero attached hydrogens (tertiary/aromatic N) is 3. The Balaban J connectivity index is 2.03. The van der Waals surface area contributed by atoms with E-state index in [-0.39, 0.29) is 5.91 Å². The van der Waals surface area contributed by atoms with Crippen LogP contribution < -0.4 is 11.3 Å². The van der Waals surface area contributed by atoms with Crippen LogP contribution in [0.25, 0.3) is 0 Å². The molecule has 1 aliphatic heterocycles. The average molecular weight is 249 g/mol. The molecule has 0 saturated carbocycles. The van der Waals surface area contributed by atoms with Crippen LogP contribution in [-0.4, -0.2) is 33.9 Å². The van der Waals surface area contributed by atoms with E-state index < -0.39 is 0 Å². The lowest BCUT2D eigenvalue weighted by Crippen LogP contribution is -2.30. The lowest BCUT2D eigenvalue weighted by Gasteiger charge is -2.17. The fourth-order valence-corrected chi connectivity index (χ4v) is 2.19. The number of nitrogens with one attached hydrogen (secondary N) is 1. The van der Waals surface area contributed by atoms with Crippen molar-refractivity contribution in [3.8, 4) is 0 Å². The zero-order valence-corrected chi connectivity index (χ0v) is 10.8. The number of hydrogen-bond donors (Lipinski definition) is 2. The highest BCUT2D eigenvalue weighted by molar-refractivity contribution is 5.92. The fourth-order valence-electron chi connectivity index (χ4n) is 2.19. The van der Waals surface area contributed by atoms with Crippen LogP contribution in [0.3, 0.4) is 0 Å². The number of rotatable bonds is 3. The highest BCUT2D eigenvalue weighted by Gasteiger charge is 2.29. The minimum atomic E-state index is -0.0470. The Kier molecular flexibility index (Phi) is 3.76. The van der Waals surface area contributed by atoms with Crippen molar-refractivity contribution in [2.75, 3.05) is 18.5 Å². The summed E-state index contributed by atoms with van der Waals surface area (Å²) in [6.45, 7) is 6.01. The van der Waals surface area contributed by atoms with E-state index in [4.69, 9.17) is 5.84 Å². The number of amides is 1. The van der Waals surface area contributed by atoms with E-state index in [0.29, 0.717) is 23.3 Å². The number of aromatic nitrogens is 2. The minimum absolute atomic E-state index is 0.0470. The summed E-state index contributed by atoms with van der Waals surface area (Å²) in [7, 11) is 0. The van der Waals surface area contributed by atoms with Crippen molar-refractivity contribution in [2.45, 2.75) is 20.3 Å². The minimum Gasteiger partial charge on any atom is -0.337 e. The number of likely N-dealkylation sites (tertiary alicyclic amines) is 1. The number of hydrazine groups is 1. The van der Waals surface area contributed by atoms with Gasteiger partial charge in [0.25, 0.3) is 5.91 Å². The molecule has 1 amide bonds. The predicted molar refractivity (Wildman–Crippen MR) is 68.7 cm³/mol. The van der Waals surface area contributed by atoms with Crippen molar-refractivity contribution in [1.82, 2.24) is 14.9 Å². The molecule has 1 aromatic heterocycles. The second-order valence-corrected chi connectivity index (χ2v) is 4.98. The summed E-state index contributed by atoms with van der Waals surface area (Å²) in [6.07, 6.45) is 3.99. The molecule has 1 atom stereocenters. The molecule has 0 radical (unpaired) electrons. The Hall–Kier alpha value is -1.69. The van der Waals surface area contributed by atoms with Gasteiger partial charge in [0.05, 0.1) is 12.4 Å². The van der Waals surface area contributed by atoms with Crippen LogP contribution in [0, 0.1) is 11.8 Å². The highest BCUT2D eigenvalue weighted by Crippen LogP contribution is 2.24. The summed E-state index contributed by atoms with van der Waals surface area (Å²) in [4.78, 5) is 22.1. The van der Waals surface area contributed by atoms with Gasteiger partial charge in [-0.1, -0.05) is 13.8 Å². The smallest absolute Gasteiger partial charge is 0.274 e. The van der Waals surface area contributed by atoms with Crippen molar-refractivity contribution < 1.29 is 4.79 Å². The van der Waals surface area contributed by atoms with Gasteiger partial charge in [0.2, 0.25) is 0 Å². The zero-order valence-electron chi connectivity index (χ0n) is 10.8. The third-order valence-corrected chi connectivity index (χ3v) is 3.47. The molecule has 18 heavy (non-hydrogen) atoms. The van der Waals surface area contributed by atoms with E-state index in [2.05, 4.69) is 29.2 Å². The van der Waals surface area contributed by atoms with E-state index in [0.717, 1.165) is 19.5 Å². The lowest BCUT2D eigenvalue weighted by atomic mass is 9.95. The van der Waals surface area contributed by atoms with E-state index in [9.17, 15) is 4.79 Å². The predicted octanol–water partition coefficient (Wildman–Crippen LogP) is 0.880. The first-order valence-electron chi connectivity index (χ1n) is 6.19. The normalized spacial score (nSPS) is 19.3. The molecule has 1 unspecified atom stereocenters. The first-order chi connectivity index (χ1) is 8.61. The lowest BCUT2D eigenvalue weighted by molar-refractivity contribution is 0.0778. The molecule has 1 fully saturated rings. The Morgan fingerprint density at radius 1 is 1.50 bits per heavy atom. The third-order valence-electron chi connectivity index (χ3n) is 3.47. The quantitative estimate of drug-likeness (QED) is 0.613. The molecule has 0 aliphatic carbocycles. The Morgan fingerprint density at radius 2 is 2.28 bits per heavy atom. The van der Waals surface area contributed by atoms with Crippen LogP contribution in [0.2, 0.25) is 0 Å². The maximum absolute atomic E-state index is 12.2. The second kappa shape index (κ2) is 5.30. The van der Waals surface area contributed by atoms with Gasteiger partial charge >= 0.3 is 0 Å². The molecule has 0 aromatic carbocycles. The highest BCUT2D eigenvalue weighted by atomic mass is 16.2. The summed E-state index contributed by atoms with van der Waals surface area (Å²) in [5.41, 5.74) is 2.76. The van der Waals surface area contributed by atoms with Crippen molar-refractivity contribution >= 4 is 11.7 Å². The van der Waals surface area contributed by atoms with Crippen LogP contribution in [-0.2, 0) is 0 Å². The van der Waals surface area contributed by atoms with Gasteiger partial charge in [-0.25, -0.2) is 15.8 Å². The molecule has 6 nitrogen and oxygen atoms in total. The molecule has 2 heterocycles. The summed E-state index contributed by atoms with van der Waals surface area (Å²) in [6, 6.07) is 0. The van der Waals surface area contributed by atoms with E-state index >= 15 is 0 Å². The van der Waals surface area contributed by atoms with Gasteiger partial charge in [-0.15, -0.1) is 0 Å². The Morgan fingerprint density at radius 3 is 2.78 bits per heavy atom. The number of anilines is 1. The van der Waals surface area contributed by atoms with Gasteiger partial charge < -0.3 is 10.3 Å². The Labute approximate surface area is 107 Å². The fraction of sp³-hybridized carbons (Fsp3) is 0.583. The molecule has 98 valence electrons. The van der Waals surface area contributed by atoms with Gasteiger partial charge in [-0.05, 0) is 18.3 Å². The van der Waals surface area contributed by atoms with Crippen LogP contribution in [0.5, 0.6) is 0 Å². The Bertz CT molecular complexity index is 417. The van der Waals surface area contributed by atoms with Gasteiger partial charge in [0, 0.05) is 13.1 Å². The number of carbonyl (C=O) groups is 1. The van der Waals surface area contributed by atoms with Crippen LogP contribution in [0.4, 0.5) is 5.82 Å². The number of carbonyl (C=O) groups excluding carboxylic acids is 1. The van der Waals surface area contributed by atoms with Gasteiger partial charge in [-0.2, -0.15) is 0 Å². The van der Waals surface area contributed by atoms with Crippen molar-refractivity contribution in [2.24, 2.45) is 17.7 Å².